The number of rotatable bonds is 5. The van der Waals surface area contributed by atoms with Gasteiger partial charge in [-0.3, -0.25) is 9.69 Å². The van der Waals surface area contributed by atoms with E-state index in [-0.39, 0.29) is 5.91 Å². The molecular formula is C16H21N3OS. The highest BCUT2D eigenvalue weighted by molar-refractivity contribution is 7.18. The van der Waals surface area contributed by atoms with Crippen molar-refractivity contribution in [2.45, 2.75) is 34.1 Å². The fourth-order valence-corrected chi connectivity index (χ4v) is 2.86. The molecular weight excluding hydrogens is 282 g/mol. The van der Waals surface area contributed by atoms with Crippen molar-refractivity contribution in [1.82, 2.24) is 10.2 Å². The van der Waals surface area contributed by atoms with Crippen molar-refractivity contribution < 1.29 is 4.79 Å². The van der Waals surface area contributed by atoms with Crippen LogP contribution in [-0.4, -0.2) is 22.6 Å². The van der Waals surface area contributed by atoms with E-state index in [4.69, 9.17) is 0 Å². The maximum atomic E-state index is 12.1. The van der Waals surface area contributed by atoms with E-state index in [0.29, 0.717) is 24.0 Å². The molecule has 0 aliphatic carbocycles. The lowest BCUT2D eigenvalue weighted by Gasteiger charge is -2.20. The van der Waals surface area contributed by atoms with Crippen LogP contribution >= 0.6 is 11.3 Å². The predicted molar refractivity (Wildman–Crippen MR) is 87.6 cm³/mol. The first kappa shape index (κ1) is 15.6. The highest BCUT2D eigenvalue weighted by Gasteiger charge is 2.20. The number of hydrogen-bond acceptors (Lipinski definition) is 4. The van der Waals surface area contributed by atoms with Crippen LogP contribution in [0.1, 0.15) is 32.8 Å². The minimum Gasteiger partial charge on any atom is -0.286 e. The lowest BCUT2D eigenvalue weighted by molar-refractivity contribution is -0.118. The van der Waals surface area contributed by atoms with E-state index in [1.165, 1.54) is 16.9 Å². The molecule has 0 unspecified atom stereocenters. The van der Waals surface area contributed by atoms with Gasteiger partial charge >= 0.3 is 0 Å². The Morgan fingerprint density at radius 2 is 1.90 bits per heavy atom. The van der Waals surface area contributed by atoms with Crippen LogP contribution < -0.4 is 4.90 Å². The zero-order valence-corrected chi connectivity index (χ0v) is 13.8. The molecule has 0 radical (unpaired) electrons. The Hall–Kier alpha value is -1.75. The average Bonchev–Trinajstić information content (AvgIpc) is 2.94. The first-order valence-corrected chi connectivity index (χ1v) is 8.03. The van der Waals surface area contributed by atoms with Gasteiger partial charge < -0.3 is 0 Å². The summed E-state index contributed by atoms with van der Waals surface area (Å²) in [5, 5.41) is 9.98. The molecule has 112 valence electrons. The van der Waals surface area contributed by atoms with E-state index in [1.54, 1.807) is 4.90 Å². The number of carbonyl (C=O) groups excluding carboxylic acids is 1. The Labute approximate surface area is 129 Å². The SMILES string of the molecule is CCC(=O)N(CC(C)C)c1nnc(-c2ccc(C)cc2)s1. The molecule has 0 N–H and O–H groups in total. The van der Waals surface area contributed by atoms with Crippen LogP contribution in [-0.2, 0) is 4.79 Å². The van der Waals surface area contributed by atoms with Crippen molar-refractivity contribution in [1.29, 1.82) is 0 Å². The van der Waals surface area contributed by atoms with E-state index in [9.17, 15) is 4.79 Å². The van der Waals surface area contributed by atoms with Gasteiger partial charge in [-0.25, -0.2) is 0 Å². The third-order valence-corrected chi connectivity index (χ3v) is 4.09. The monoisotopic (exact) mass is 303 g/mol. The second-order valence-electron chi connectivity index (χ2n) is 5.51. The summed E-state index contributed by atoms with van der Waals surface area (Å²) in [6, 6.07) is 8.18. The molecule has 1 amide bonds. The topological polar surface area (TPSA) is 46.1 Å². The molecule has 1 heterocycles. The maximum absolute atomic E-state index is 12.1. The van der Waals surface area contributed by atoms with Gasteiger partial charge in [-0.1, -0.05) is 61.9 Å². The predicted octanol–water partition coefficient (Wildman–Crippen LogP) is 3.91. The van der Waals surface area contributed by atoms with Crippen molar-refractivity contribution in [2.75, 3.05) is 11.4 Å². The molecule has 0 fully saturated rings. The lowest BCUT2D eigenvalue weighted by atomic mass is 10.2. The van der Waals surface area contributed by atoms with Gasteiger partial charge in [-0.15, -0.1) is 10.2 Å². The van der Waals surface area contributed by atoms with E-state index in [2.05, 4.69) is 43.1 Å². The number of aromatic nitrogens is 2. The van der Waals surface area contributed by atoms with Gasteiger partial charge in [0.05, 0.1) is 0 Å². The molecule has 1 aromatic carbocycles. The average molecular weight is 303 g/mol. The van der Waals surface area contributed by atoms with E-state index in [0.717, 1.165) is 10.6 Å². The van der Waals surface area contributed by atoms with E-state index >= 15 is 0 Å². The molecule has 0 spiro atoms. The minimum atomic E-state index is 0.0929. The molecule has 0 saturated carbocycles. The Bertz CT molecular complexity index is 604. The van der Waals surface area contributed by atoms with Crippen LogP contribution in [0.25, 0.3) is 10.6 Å². The molecule has 1 aromatic heterocycles. The highest BCUT2D eigenvalue weighted by Crippen LogP contribution is 2.29. The first-order chi connectivity index (χ1) is 10.0. The Morgan fingerprint density at radius 1 is 1.24 bits per heavy atom. The van der Waals surface area contributed by atoms with Crippen molar-refractivity contribution in [2.24, 2.45) is 5.92 Å². The van der Waals surface area contributed by atoms with Gasteiger partial charge in [-0.05, 0) is 12.8 Å². The molecule has 4 nitrogen and oxygen atoms in total. The van der Waals surface area contributed by atoms with Crippen LogP contribution in [0.2, 0.25) is 0 Å². The second kappa shape index (κ2) is 6.80. The van der Waals surface area contributed by atoms with Gasteiger partial charge in [0.1, 0.15) is 5.01 Å². The standard InChI is InChI=1S/C16H21N3OS/c1-5-14(20)19(10-11(2)3)16-18-17-15(21-16)13-8-6-12(4)7-9-13/h6-9,11H,5,10H2,1-4H3. The number of anilines is 1. The number of nitrogens with zero attached hydrogens (tertiary/aromatic N) is 3. The summed E-state index contributed by atoms with van der Waals surface area (Å²) in [4.78, 5) is 13.9. The van der Waals surface area contributed by atoms with Crippen LogP contribution in [0.5, 0.6) is 0 Å². The molecule has 0 atom stereocenters. The summed E-state index contributed by atoms with van der Waals surface area (Å²) in [5.41, 5.74) is 2.25. The van der Waals surface area contributed by atoms with E-state index in [1.807, 2.05) is 19.1 Å². The third kappa shape index (κ3) is 3.88. The molecule has 0 saturated heterocycles. The van der Waals surface area contributed by atoms with Gasteiger partial charge in [0.15, 0.2) is 0 Å². The summed E-state index contributed by atoms with van der Waals surface area (Å²) in [6.45, 7) is 8.79. The number of carbonyl (C=O) groups is 1. The fourth-order valence-electron chi connectivity index (χ4n) is 1.98. The van der Waals surface area contributed by atoms with Gasteiger partial charge in [0.25, 0.3) is 0 Å². The molecule has 0 aliphatic rings. The number of benzene rings is 1. The van der Waals surface area contributed by atoms with Gasteiger partial charge in [0, 0.05) is 18.5 Å². The summed E-state index contributed by atoms with van der Waals surface area (Å²) >= 11 is 1.47. The molecule has 2 rings (SSSR count). The normalized spacial score (nSPS) is 10.9. The number of aryl methyl sites for hydroxylation is 1. The lowest BCUT2D eigenvalue weighted by Crippen LogP contribution is -2.33. The molecule has 0 aliphatic heterocycles. The zero-order chi connectivity index (χ0) is 15.4. The molecule has 0 bridgehead atoms. The van der Waals surface area contributed by atoms with Crippen molar-refractivity contribution in [3.63, 3.8) is 0 Å². The minimum absolute atomic E-state index is 0.0929. The number of hydrogen-bond donors (Lipinski definition) is 0. The largest absolute Gasteiger partial charge is 0.286 e. The van der Waals surface area contributed by atoms with Crippen LogP contribution in [0.3, 0.4) is 0 Å². The summed E-state index contributed by atoms with van der Waals surface area (Å²) in [5.74, 6) is 0.488. The molecule has 2 aromatic rings. The van der Waals surface area contributed by atoms with Crippen LogP contribution in [0.4, 0.5) is 5.13 Å². The van der Waals surface area contributed by atoms with Crippen LogP contribution in [0.15, 0.2) is 24.3 Å². The zero-order valence-electron chi connectivity index (χ0n) is 13.0. The smallest absolute Gasteiger partial charge is 0.228 e. The summed E-state index contributed by atoms with van der Waals surface area (Å²) in [7, 11) is 0. The second-order valence-corrected chi connectivity index (χ2v) is 6.46. The van der Waals surface area contributed by atoms with Crippen LogP contribution in [0, 0.1) is 12.8 Å². The Kier molecular flexibility index (Phi) is 5.07. The van der Waals surface area contributed by atoms with Crippen molar-refractivity contribution in [3.8, 4) is 10.6 Å². The maximum Gasteiger partial charge on any atom is 0.228 e. The van der Waals surface area contributed by atoms with Crippen molar-refractivity contribution in [3.05, 3.63) is 29.8 Å². The quantitative estimate of drug-likeness (QED) is 0.841. The summed E-state index contributed by atoms with van der Waals surface area (Å²) in [6.07, 6.45) is 0.478. The van der Waals surface area contributed by atoms with E-state index < -0.39 is 0 Å². The molecule has 21 heavy (non-hydrogen) atoms. The van der Waals surface area contributed by atoms with Crippen molar-refractivity contribution >= 4 is 22.4 Å². The third-order valence-electron chi connectivity index (χ3n) is 3.09. The highest BCUT2D eigenvalue weighted by atomic mass is 32.1. The fraction of sp³-hybridized carbons (Fsp3) is 0.438. The number of amides is 1. The van der Waals surface area contributed by atoms with Gasteiger partial charge in [-0.2, -0.15) is 0 Å². The van der Waals surface area contributed by atoms with Gasteiger partial charge in [0.2, 0.25) is 11.0 Å². The Morgan fingerprint density at radius 3 is 2.48 bits per heavy atom. The summed E-state index contributed by atoms with van der Waals surface area (Å²) < 4.78 is 0. The molecule has 5 heteroatoms. The first-order valence-electron chi connectivity index (χ1n) is 7.22. The Balaban J connectivity index is 2.27.